The molecule has 1 rings (SSSR count). The maximum atomic E-state index is 11.2. The van der Waals surface area contributed by atoms with Crippen LogP contribution < -0.4 is 0 Å². The maximum absolute atomic E-state index is 11.2. The zero-order chi connectivity index (χ0) is 10.8. The average molecular weight is 200 g/mol. The Kier molecular flexibility index (Phi) is 3.03. The molecule has 80 valence electrons. The fourth-order valence-electron chi connectivity index (χ4n) is 0.974. The van der Waals surface area contributed by atoms with Gasteiger partial charge in [-0.1, -0.05) is 20.8 Å². The van der Waals surface area contributed by atoms with E-state index < -0.39 is 12.3 Å². The topological polar surface area (TPSA) is 44.8 Å². The fraction of sp³-hybridized carbons (Fsp3) is 0.700. The Morgan fingerprint density at radius 3 is 2.64 bits per heavy atom. The molecule has 4 heteroatoms. The van der Waals surface area contributed by atoms with E-state index in [9.17, 15) is 4.79 Å². The highest BCUT2D eigenvalue weighted by atomic mass is 16.7. The first-order valence-corrected chi connectivity index (χ1v) is 4.64. The quantitative estimate of drug-likeness (QED) is 0.638. The van der Waals surface area contributed by atoms with Crippen molar-refractivity contribution in [1.29, 1.82) is 0 Å². The van der Waals surface area contributed by atoms with Crippen LogP contribution in [0, 0.1) is 5.41 Å². The predicted molar refractivity (Wildman–Crippen MR) is 50.1 cm³/mol. The highest BCUT2D eigenvalue weighted by Gasteiger charge is 2.34. The van der Waals surface area contributed by atoms with E-state index in [0.717, 1.165) is 0 Å². The average Bonchev–Trinajstić information content (AvgIpc) is 2.51. The number of carbonyl (C=O) groups excluding carboxylic acids is 1. The maximum Gasteiger partial charge on any atom is 0.377 e. The molecular formula is C10H16O4. The van der Waals surface area contributed by atoms with E-state index >= 15 is 0 Å². The van der Waals surface area contributed by atoms with Gasteiger partial charge >= 0.3 is 5.97 Å². The van der Waals surface area contributed by atoms with Crippen LogP contribution >= 0.6 is 0 Å². The van der Waals surface area contributed by atoms with Crippen LogP contribution in [-0.2, 0) is 19.0 Å². The minimum atomic E-state index is -0.473. The minimum absolute atomic E-state index is 0.145. The van der Waals surface area contributed by atoms with Crippen LogP contribution in [0.2, 0.25) is 0 Å². The van der Waals surface area contributed by atoms with Crippen LogP contribution in [0.4, 0.5) is 0 Å². The second kappa shape index (κ2) is 3.90. The Morgan fingerprint density at radius 2 is 2.21 bits per heavy atom. The van der Waals surface area contributed by atoms with Crippen LogP contribution in [-0.4, -0.2) is 18.9 Å². The third kappa shape index (κ3) is 2.40. The van der Waals surface area contributed by atoms with Gasteiger partial charge in [0.1, 0.15) is 6.26 Å². The lowest BCUT2D eigenvalue weighted by atomic mass is 9.96. The van der Waals surface area contributed by atoms with Crippen LogP contribution in [0.25, 0.3) is 0 Å². The number of hydrogen-bond donors (Lipinski definition) is 0. The van der Waals surface area contributed by atoms with Crippen LogP contribution in [0.15, 0.2) is 12.0 Å². The summed E-state index contributed by atoms with van der Waals surface area (Å²) in [5, 5.41) is 0. The first-order chi connectivity index (χ1) is 6.45. The van der Waals surface area contributed by atoms with E-state index in [1.54, 1.807) is 6.92 Å². The molecule has 4 nitrogen and oxygen atoms in total. The third-order valence-electron chi connectivity index (χ3n) is 1.72. The van der Waals surface area contributed by atoms with Crippen molar-refractivity contribution in [3.8, 4) is 0 Å². The minimum Gasteiger partial charge on any atom is -0.460 e. The number of rotatable bonds is 2. The van der Waals surface area contributed by atoms with Crippen molar-refractivity contribution in [2.24, 2.45) is 5.41 Å². The van der Waals surface area contributed by atoms with Gasteiger partial charge in [0.2, 0.25) is 12.0 Å². The molecule has 0 saturated heterocycles. The van der Waals surface area contributed by atoms with Gasteiger partial charge in [-0.05, 0) is 6.92 Å². The smallest absolute Gasteiger partial charge is 0.377 e. The number of hydrogen-bond acceptors (Lipinski definition) is 4. The molecule has 1 unspecified atom stereocenters. The van der Waals surface area contributed by atoms with E-state index in [-0.39, 0.29) is 11.2 Å². The highest BCUT2D eigenvalue weighted by molar-refractivity contribution is 5.86. The molecule has 0 aromatic carbocycles. The third-order valence-corrected chi connectivity index (χ3v) is 1.72. The second-order valence-corrected chi connectivity index (χ2v) is 4.15. The van der Waals surface area contributed by atoms with Gasteiger partial charge in [0, 0.05) is 5.41 Å². The summed E-state index contributed by atoms with van der Waals surface area (Å²) in [6.07, 6.45) is 0.899. The summed E-state index contributed by atoms with van der Waals surface area (Å²) in [5.74, 6) is -0.328. The van der Waals surface area contributed by atoms with Gasteiger partial charge in [-0.15, -0.1) is 0 Å². The number of esters is 1. The van der Waals surface area contributed by atoms with Crippen molar-refractivity contribution >= 4 is 5.97 Å². The summed E-state index contributed by atoms with van der Waals surface area (Å²) in [5.41, 5.74) is -0.162. The lowest BCUT2D eigenvalue weighted by Gasteiger charge is -2.24. The molecule has 1 aliphatic rings. The van der Waals surface area contributed by atoms with Gasteiger partial charge in [-0.2, -0.15) is 0 Å². The van der Waals surface area contributed by atoms with Gasteiger partial charge in [0.05, 0.1) is 6.61 Å². The van der Waals surface area contributed by atoms with E-state index in [0.29, 0.717) is 6.61 Å². The number of carbonyl (C=O) groups is 1. The molecule has 1 heterocycles. The SMILES string of the molecule is CCOC(=O)C1=COC(C(C)(C)C)O1. The standard InChI is InChI=1S/C10H16O4/c1-5-12-8(11)7-6-13-9(14-7)10(2,3)4/h6,9H,5H2,1-4H3. The van der Waals surface area contributed by atoms with E-state index in [1.165, 1.54) is 6.26 Å². The molecule has 0 N–H and O–H groups in total. The molecule has 0 aromatic rings. The Balaban J connectivity index is 2.52. The summed E-state index contributed by atoms with van der Waals surface area (Å²) < 4.78 is 15.3. The van der Waals surface area contributed by atoms with E-state index in [2.05, 4.69) is 0 Å². The van der Waals surface area contributed by atoms with Crippen molar-refractivity contribution in [3.05, 3.63) is 12.0 Å². The van der Waals surface area contributed by atoms with Crippen molar-refractivity contribution in [2.45, 2.75) is 34.0 Å². The molecular weight excluding hydrogens is 184 g/mol. The Bertz CT molecular complexity index is 249. The predicted octanol–water partition coefficient (Wildman–Crippen LogP) is 1.81. The zero-order valence-electron chi connectivity index (χ0n) is 8.99. The Labute approximate surface area is 83.8 Å². The highest BCUT2D eigenvalue weighted by Crippen LogP contribution is 2.30. The molecule has 0 amide bonds. The molecule has 0 aliphatic carbocycles. The summed E-state index contributed by atoms with van der Waals surface area (Å²) in [7, 11) is 0. The lowest BCUT2D eigenvalue weighted by Crippen LogP contribution is -2.28. The Hall–Kier alpha value is -1.19. The summed E-state index contributed by atoms with van der Waals surface area (Å²) in [4.78, 5) is 11.2. The first kappa shape index (κ1) is 10.9. The molecule has 0 radical (unpaired) electrons. The van der Waals surface area contributed by atoms with Crippen molar-refractivity contribution < 1.29 is 19.0 Å². The van der Waals surface area contributed by atoms with Crippen molar-refractivity contribution in [1.82, 2.24) is 0 Å². The van der Waals surface area contributed by atoms with E-state index in [4.69, 9.17) is 14.2 Å². The number of ether oxygens (including phenoxy) is 3. The molecule has 0 spiro atoms. The van der Waals surface area contributed by atoms with Gasteiger partial charge in [0.25, 0.3) is 0 Å². The zero-order valence-corrected chi connectivity index (χ0v) is 8.99. The van der Waals surface area contributed by atoms with Crippen LogP contribution in [0.3, 0.4) is 0 Å². The summed E-state index contributed by atoms with van der Waals surface area (Å²) in [6.45, 7) is 7.99. The molecule has 0 bridgehead atoms. The molecule has 1 atom stereocenters. The molecule has 1 aliphatic heterocycles. The molecule has 0 fully saturated rings. The monoisotopic (exact) mass is 200 g/mol. The molecule has 14 heavy (non-hydrogen) atoms. The van der Waals surface area contributed by atoms with Gasteiger partial charge in [-0.25, -0.2) is 4.79 Å². The van der Waals surface area contributed by atoms with Crippen LogP contribution in [0.1, 0.15) is 27.7 Å². The molecule has 0 saturated carbocycles. The summed E-state index contributed by atoms with van der Waals surface area (Å²) in [6, 6.07) is 0. The Morgan fingerprint density at radius 1 is 1.57 bits per heavy atom. The van der Waals surface area contributed by atoms with Gasteiger partial charge < -0.3 is 14.2 Å². The fourth-order valence-corrected chi connectivity index (χ4v) is 0.974. The van der Waals surface area contributed by atoms with Gasteiger partial charge in [0.15, 0.2) is 0 Å². The molecule has 0 aromatic heterocycles. The van der Waals surface area contributed by atoms with Crippen LogP contribution in [0.5, 0.6) is 0 Å². The second-order valence-electron chi connectivity index (χ2n) is 4.15. The largest absolute Gasteiger partial charge is 0.460 e. The first-order valence-electron chi connectivity index (χ1n) is 4.64. The van der Waals surface area contributed by atoms with E-state index in [1.807, 2.05) is 20.8 Å². The van der Waals surface area contributed by atoms with Crippen molar-refractivity contribution in [3.63, 3.8) is 0 Å². The lowest BCUT2D eigenvalue weighted by molar-refractivity contribution is -0.149. The van der Waals surface area contributed by atoms with Gasteiger partial charge in [-0.3, -0.25) is 0 Å². The van der Waals surface area contributed by atoms with Crippen molar-refractivity contribution in [2.75, 3.05) is 6.61 Å². The summed E-state index contributed by atoms with van der Waals surface area (Å²) >= 11 is 0. The normalized spacial score (nSPS) is 20.9.